The fraction of sp³-hybridized carbons (Fsp3) is 0.312. The van der Waals surface area contributed by atoms with Crippen LogP contribution in [0, 0.1) is 0 Å². The Morgan fingerprint density at radius 1 is 1.05 bits per heavy atom. The first-order valence-corrected chi connectivity index (χ1v) is 8.21. The van der Waals surface area contributed by atoms with Crippen LogP contribution in [0.15, 0.2) is 42.2 Å². The SMILES string of the molecule is c1ccc(CCOCCCNc2ncnc3scnc23)cc1. The fourth-order valence-corrected chi connectivity index (χ4v) is 2.77. The maximum atomic E-state index is 5.66. The molecule has 0 aliphatic heterocycles. The molecule has 3 rings (SSSR count). The van der Waals surface area contributed by atoms with Crippen LogP contribution < -0.4 is 5.32 Å². The van der Waals surface area contributed by atoms with Gasteiger partial charge in [0, 0.05) is 13.2 Å². The van der Waals surface area contributed by atoms with Crippen molar-refractivity contribution in [1.29, 1.82) is 0 Å². The van der Waals surface area contributed by atoms with Crippen LogP contribution >= 0.6 is 11.3 Å². The second kappa shape index (κ2) is 7.82. The largest absolute Gasteiger partial charge is 0.381 e. The Labute approximate surface area is 133 Å². The average Bonchev–Trinajstić information content (AvgIpc) is 3.04. The minimum atomic E-state index is 0.741. The van der Waals surface area contributed by atoms with Gasteiger partial charge in [0.05, 0.1) is 12.1 Å². The monoisotopic (exact) mass is 314 g/mol. The van der Waals surface area contributed by atoms with Crippen molar-refractivity contribution in [3.05, 3.63) is 47.7 Å². The molecule has 0 unspecified atom stereocenters. The van der Waals surface area contributed by atoms with Crippen molar-refractivity contribution >= 4 is 27.5 Å². The smallest absolute Gasteiger partial charge is 0.156 e. The molecule has 22 heavy (non-hydrogen) atoms. The van der Waals surface area contributed by atoms with Crippen molar-refractivity contribution in [3.8, 4) is 0 Å². The second-order valence-corrected chi connectivity index (χ2v) is 5.69. The highest BCUT2D eigenvalue weighted by molar-refractivity contribution is 7.16. The van der Waals surface area contributed by atoms with E-state index in [-0.39, 0.29) is 0 Å². The summed E-state index contributed by atoms with van der Waals surface area (Å²) in [5.41, 5.74) is 3.95. The van der Waals surface area contributed by atoms with Gasteiger partial charge < -0.3 is 10.1 Å². The Kier molecular flexibility index (Phi) is 5.28. The first kappa shape index (κ1) is 14.9. The van der Waals surface area contributed by atoms with E-state index in [1.54, 1.807) is 11.8 Å². The van der Waals surface area contributed by atoms with Gasteiger partial charge in [-0.15, -0.1) is 11.3 Å². The highest BCUT2D eigenvalue weighted by atomic mass is 32.1. The van der Waals surface area contributed by atoms with Gasteiger partial charge in [-0.25, -0.2) is 15.0 Å². The van der Waals surface area contributed by atoms with Gasteiger partial charge in [0.25, 0.3) is 0 Å². The van der Waals surface area contributed by atoms with E-state index in [1.165, 1.54) is 16.9 Å². The summed E-state index contributed by atoms with van der Waals surface area (Å²) in [6.45, 7) is 2.31. The lowest BCUT2D eigenvalue weighted by Crippen LogP contribution is -2.08. The summed E-state index contributed by atoms with van der Waals surface area (Å²) < 4.78 is 5.66. The molecule has 0 atom stereocenters. The van der Waals surface area contributed by atoms with Crippen LogP contribution in [0.3, 0.4) is 0 Å². The molecule has 0 amide bonds. The molecule has 0 bridgehead atoms. The number of nitrogens with zero attached hydrogens (tertiary/aromatic N) is 3. The van der Waals surface area contributed by atoms with Crippen molar-refractivity contribution in [2.24, 2.45) is 0 Å². The molecule has 1 aromatic carbocycles. The number of nitrogens with one attached hydrogen (secondary N) is 1. The van der Waals surface area contributed by atoms with Crippen molar-refractivity contribution < 1.29 is 4.74 Å². The van der Waals surface area contributed by atoms with E-state index >= 15 is 0 Å². The van der Waals surface area contributed by atoms with Crippen LogP contribution in [0.4, 0.5) is 5.82 Å². The van der Waals surface area contributed by atoms with Gasteiger partial charge in [-0.3, -0.25) is 0 Å². The van der Waals surface area contributed by atoms with Crippen LogP contribution in [-0.2, 0) is 11.2 Å². The summed E-state index contributed by atoms with van der Waals surface area (Å²) in [5, 5.41) is 3.30. The van der Waals surface area contributed by atoms with Gasteiger partial charge in [-0.2, -0.15) is 0 Å². The standard InChI is InChI=1S/C16H18N4OS/c1-2-5-13(6-3-1)7-10-21-9-4-8-17-15-14-16(19-11-18-15)22-12-20-14/h1-3,5-6,11-12H,4,7-10H2,(H,17,18,19). The first-order valence-electron chi connectivity index (χ1n) is 7.33. The van der Waals surface area contributed by atoms with Gasteiger partial charge in [0.1, 0.15) is 16.7 Å². The Bertz CT molecular complexity index is 701. The summed E-state index contributed by atoms with van der Waals surface area (Å²) in [7, 11) is 0. The fourth-order valence-electron chi connectivity index (χ4n) is 2.14. The number of benzene rings is 1. The molecular weight excluding hydrogens is 296 g/mol. The zero-order chi connectivity index (χ0) is 15.0. The van der Waals surface area contributed by atoms with E-state index in [2.05, 4.69) is 44.5 Å². The predicted octanol–water partition coefficient (Wildman–Crippen LogP) is 3.15. The number of aromatic nitrogens is 3. The highest BCUT2D eigenvalue weighted by Crippen LogP contribution is 2.20. The molecule has 2 heterocycles. The zero-order valence-corrected chi connectivity index (χ0v) is 13.1. The minimum absolute atomic E-state index is 0.741. The number of anilines is 1. The molecule has 0 radical (unpaired) electrons. The van der Waals surface area contributed by atoms with Gasteiger partial charge in [-0.1, -0.05) is 30.3 Å². The van der Waals surface area contributed by atoms with E-state index in [0.717, 1.165) is 48.8 Å². The third kappa shape index (κ3) is 3.99. The van der Waals surface area contributed by atoms with Crippen molar-refractivity contribution in [3.63, 3.8) is 0 Å². The Morgan fingerprint density at radius 2 is 1.95 bits per heavy atom. The highest BCUT2D eigenvalue weighted by Gasteiger charge is 2.04. The molecule has 1 N–H and O–H groups in total. The summed E-state index contributed by atoms with van der Waals surface area (Å²) in [6, 6.07) is 10.4. The molecule has 6 heteroatoms. The molecule has 0 fully saturated rings. The summed E-state index contributed by atoms with van der Waals surface area (Å²) >= 11 is 1.52. The molecule has 5 nitrogen and oxygen atoms in total. The number of hydrogen-bond acceptors (Lipinski definition) is 6. The van der Waals surface area contributed by atoms with E-state index in [1.807, 2.05) is 6.07 Å². The Morgan fingerprint density at radius 3 is 2.86 bits per heavy atom. The zero-order valence-electron chi connectivity index (χ0n) is 12.2. The number of thiazole rings is 1. The Hall–Kier alpha value is -2.05. The van der Waals surface area contributed by atoms with Crippen LogP contribution in [0.25, 0.3) is 10.3 Å². The molecule has 114 valence electrons. The first-order chi connectivity index (χ1) is 10.9. The van der Waals surface area contributed by atoms with Gasteiger partial charge >= 0.3 is 0 Å². The van der Waals surface area contributed by atoms with Gasteiger partial charge in [-0.05, 0) is 18.4 Å². The maximum absolute atomic E-state index is 5.66. The van der Waals surface area contributed by atoms with Crippen LogP contribution in [-0.4, -0.2) is 34.7 Å². The van der Waals surface area contributed by atoms with Crippen LogP contribution in [0.2, 0.25) is 0 Å². The number of rotatable bonds is 8. The number of ether oxygens (including phenoxy) is 1. The molecule has 0 saturated carbocycles. The van der Waals surface area contributed by atoms with Crippen molar-refractivity contribution in [2.45, 2.75) is 12.8 Å². The summed E-state index contributed by atoms with van der Waals surface area (Å²) in [4.78, 5) is 13.6. The van der Waals surface area contributed by atoms with Gasteiger partial charge in [0.15, 0.2) is 5.82 Å². The molecule has 0 aliphatic carbocycles. The quantitative estimate of drug-likeness (QED) is 0.647. The normalized spacial score (nSPS) is 10.9. The molecular formula is C16H18N4OS. The summed E-state index contributed by atoms with van der Waals surface area (Å²) in [6.07, 6.45) is 3.46. The van der Waals surface area contributed by atoms with Crippen LogP contribution in [0.1, 0.15) is 12.0 Å². The molecule has 0 aliphatic rings. The van der Waals surface area contributed by atoms with Gasteiger partial charge in [0.2, 0.25) is 0 Å². The predicted molar refractivity (Wildman–Crippen MR) is 89.3 cm³/mol. The molecule has 0 spiro atoms. The lowest BCUT2D eigenvalue weighted by Gasteiger charge is -2.07. The minimum Gasteiger partial charge on any atom is -0.381 e. The van der Waals surface area contributed by atoms with Crippen LogP contribution in [0.5, 0.6) is 0 Å². The lowest BCUT2D eigenvalue weighted by atomic mass is 10.2. The second-order valence-electron chi connectivity index (χ2n) is 4.86. The van der Waals surface area contributed by atoms with Crippen molar-refractivity contribution in [2.75, 3.05) is 25.1 Å². The third-order valence-electron chi connectivity index (χ3n) is 3.27. The Balaban J connectivity index is 1.33. The molecule has 0 saturated heterocycles. The van der Waals surface area contributed by atoms with Crippen molar-refractivity contribution in [1.82, 2.24) is 15.0 Å². The van der Waals surface area contributed by atoms with E-state index < -0.39 is 0 Å². The number of fused-ring (bicyclic) bond motifs is 1. The third-order valence-corrected chi connectivity index (χ3v) is 4.00. The lowest BCUT2D eigenvalue weighted by molar-refractivity contribution is 0.137. The number of hydrogen-bond donors (Lipinski definition) is 1. The molecule has 3 aromatic rings. The van der Waals surface area contributed by atoms with E-state index in [9.17, 15) is 0 Å². The molecule has 2 aromatic heterocycles. The summed E-state index contributed by atoms with van der Waals surface area (Å²) in [5.74, 6) is 0.801. The van der Waals surface area contributed by atoms with E-state index in [0.29, 0.717) is 0 Å². The topological polar surface area (TPSA) is 59.9 Å². The van der Waals surface area contributed by atoms with E-state index in [4.69, 9.17) is 4.74 Å². The maximum Gasteiger partial charge on any atom is 0.156 e. The average molecular weight is 314 g/mol.